The largest absolute Gasteiger partial charge is 0.390 e. The molecule has 0 bridgehead atoms. The summed E-state index contributed by atoms with van der Waals surface area (Å²) >= 11 is 1.97. The van der Waals surface area contributed by atoms with Crippen LogP contribution in [0.2, 0.25) is 0 Å². The molecule has 0 saturated carbocycles. The zero-order chi connectivity index (χ0) is 11.6. The van der Waals surface area contributed by atoms with Gasteiger partial charge in [0.25, 0.3) is 0 Å². The van der Waals surface area contributed by atoms with E-state index in [1.165, 1.54) is 5.75 Å². The fourth-order valence-corrected chi connectivity index (χ4v) is 4.30. The molecule has 4 heteroatoms. The van der Waals surface area contributed by atoms with Gasteiger partial charge in [-0.2, -0.15) is 11.8 Å². The predicted octanol–water partition coefficient (Wildman–Crippen LogP) is 1.39. The molecule has 1 spiro atoms. The summed E-state index contributed by atoms with van der Waals surface area (Å²) in [6.45, 7) is 3.30. The monoisotopic (exact) mass is 245 g/mol. The van der Waals surface area contributed by atoms with E-state index in [1.54, 1.807) is 0 Å². The summed E-state index contributed by atoms with van der Waals surface area (Å²) in [5.74, 6) is 2.65. The fourth-order valence-electron chi connectivity index (χ4n) is 2.92. The average Bonchev–Trinajstić information content (AvgIpc) is 2.66. The van der Waals surface area contributed by atoms with Gasteiger partial charge in [0.05, 0.1) is 11.2 Å². The zero-order valence-electron chi connectivity index (χ0n) is 10.1. The molecule has 3 nitrogen and oxygen atoms in total. The molecule has 0 aromatic carbocycles. The number of nitrogens with two attached hydrogens (primary N) is 1. The predicted molar refractivity (Wildman–Crippen MR) is 67.6 cm³/mol. The third-order valence-electron chi connectivity index (χ3n) is 4.09. The summed E-state index contributed by atoms with van der Waals surface area (Å²) in [5.41, 5.74) is 5.02. The summed E-state index contributed by atoms with van der Waals surface area (Å²) in [6, 6.07) is 0. The molecule has 94 valence electrons. The van der Waals surface area contributed by atoms with Crippen molar-refractivity contribution in [3.8, 4) is 0 Å². The van der Waals surface area contributed by atoms with Gasteiger partial charge in [0, 0.05) is 12.4 Å². The number of rotatable bonds is 3. The van der Waals surface area contributed by atoms with Gasteiger partial charge in [-0.25, -0.2) is 0 Å². The minimum absolute atomic E-state index is 0.0617. The highest BCUT2D eigenvalue weighted by atomic mass is 32.2. The molecule has 0 aromatic heterocycles. The van der Waals surface area contributed by atoms with Crippen molar-refractivity contribution in [2.75, 3.05) is 24.7 Å². The molecule has 0 amide bonds. The maximum Gasteiger partial charge on any atom is 0.0784 e. The van der Waals surface area contributed by atoms with Gasteiger partial charge < -0.3 is 15.6 Å². The first-order valence-corrected chi connectivity index (χ1v) is 7.38. The molecule has 16 heavy (non-hydrogen) atoms. The lowest BCUT2D eigenvalue weighted by Gasteiger charge is -2.43. The number of hydrogen-bond acceptors (Lipinski definition) is 4. The van der Waals surface area contributed by atoms with Crippen LogP contribution in [0.4, 0.5) is 0 Å². The molecule has 2 aliphatic heterocycles. The van der Waals surface area contributed by atoms with E-state index in [2.05, 4.69) is 0 Å². The molecule has 2 fully saturated rings. The van der Waals surface area contributed by atoms with Crippen LogP contribution in [0.5, 0.6) is 0 Å². The highest BCUT2D eigenvalue weighted by molar-refractivity contribution is 7.99. The number of hydrogen-bond donors (Lipinski definition) is 2. The smallest absolute Gasteiger partial charge is 0.0784 e. The maximum absolute atomic E-state index is 10.4. The van der Waals surface area contributed by atoms with E-state index in [-0.39, 0.29) is 5.60 Å². The molecule has 3 unspecified atom stereocenters. The Bertz CT molecular complexity index is 239. The van der Waals surface area contributed by atoms with Crippen LogP contribution in [-0.2, 0) is 4.74 Å². The van der Waals surface area contributed by atoms with Gasteiger partial charge in [0.2, 0.25) is 0 Å². The Balaban J connectivity index is 2.00. The summed E-state index contributed by atoms with van der Waals surface area (Å²) in [6.07, 6.45) is 3.82. The highest BCUT2D eigenvalue weighted by Crippen LogP contribution is 2.43. The minimum atomic E-state index is -0.612. The van der Waals surface area contributed by atoms with E-state index >= 15 is 0 Å². The fraction of sp³-hybridized carbons (Fsp3) is 1.00. The van der Waals surface area contributed by atoms with Gasteiger partial charge in [-0.15, -0.1) is 0 Å². The Morgan fingerprint density at radius 1 is 1.62 bits per heavy atom. The summed E-state index contributed by atoms with van der Waals surface area (Å²) in [4.78, 5) is 0. The van der Waals surface area contributed by atoms with Gasteiger partial charge >= 0.3 is 0 Å². The van der Waals surface area contributed by atoms with Gasteiger partial charge in [0.15, 0.2) is 0 Å². The molecular formula is C12H23NO2S. The lowest BCUT2D eigenvalue weighted by atomic mass is 9.75. The molecule has 2 saturated heterocycles. The van der Waals surface area contributed by atoms with E-state index in [1.807, 2.05) is 18.7 Å². The van der Waals surface area contributed by atoms with Crippen LogP contribution in [0.1, 0.15) is 32.6 Å². The zero-order valence-corrected chi connectivity index (χ0v) is 10.9. The maximum atomic E-state index is 10.4. The number of aliphatic hydroxyl groups is 1. The van der Waals surface area contributed by atoms with Gasteiger partial charge in [0.1, 0.15) is 0 Å². The van der Waals surface area contributed by atoms with E-state index in [9.17, 15) is 5.11 Å². The number of ether oxygens (including phenoxy) is 1. The van der Waals surface area contributed by atoms with E-state index in [4.69, 9.17) is 10.5 Å². The second-order valence-electron chi connectivity index (χ2n) is 5.42. The Hall–Kier alpha value is 0.230. The van der Waals surface area contributed by atoms with Gasteiger partial charge in [-0.05, 0) is 50.8 Å². The van der Waals surface area contributed by atoms with Gasteiger partial charge in [-0.1, -0.05) is 0 Å². The summed E-state index contributed by atoms with van der Waals surface area (Å²) in [5, 5.41) is 10.4. The second kappa shape index (κ2) is 4.84. The van der Waals surface area contributed by atoms with Crippen molar-refractivity contribution in [2.24, 2.45) is 11.7 Å². The SMILES string of the molecule is CC(O)(CCN)C1CCOC2(CCSC2)C1. The van der Waals surface area contributed by atoms with Crippen LogP contribution in [0.3, 0.4) is 0 Å². The third kappa shape index (κ3) is 2.55. The Morgan fingerprint density at radius 3 is 3.06 bits per heavy atom. The normalized spacial score (nSPS) is 38.8. The molecule has 3 N–H and O–H groups in total. The molecule has 0 aromatic rings. The number of thioether (sulfide) groups is 1. The van der Waals surface area contributed by atoms with Crippen molar-refractivity contribution in [2.45, 2.75) is 43.8 Å². The van der Waals surface area contributed by atoms with Crippen LogP contribution < -0.4 is 5.73 Å². The van der Waals surface area contributed by atoms with Crippen molar-refractivity contribution < 1.29 is 9.84 Å². The standard InChI is InChI=1S/C12H23NO2S/c1-11(14,3-5-13)10-2-6-15-12(8-10)4-7-16-9-12/h10,14H,2-9,13H2,1H3. The van der Waals surface area contributed by atoms with Crippen molar-refractivity contribution in [1.82, 2.24) is 0 Å². The topological polar surface area (TPSA) is 55.5 Å². The van der Waals surface area contributed by atoms with Crippen LogP contribution >= 0.6 is 11.8 Å². The van der Waals surface area contributed by atoms with Crippen molar-refractivity contribution in [3.05, 3.63) is 0 Å². The van der Waals surface area contributed by atoms with Crippen LogP contribution in [-0.4, -0.2) is 41.0 Å². The van der Waals surface area contributed by atoms with Gasteiger partial charge in [-0.3, -0.25) is 0 Å². The van der Waals surface area contributed by atoms with Crippen LogP contribution in [0.25, 0.3) is 0 Å². The lowest BCUT2D eigenvalue weighted by molar-refractivity contribution is -0.128. The highest BCUT2D eigenvalue weighted by Gasteiger charge is 2.45. The summed E-state index contributed by atoms with van der Waals surface area (Å²) < 4.78 is 5.97. The van der Waals surface area contributed by atoms with Crippen molar-refractivity contribution in [3.63, 3.8) is 0 Å². The second-order valence-corrected chi connectivity index (χ2v) is 6.52. The molecule has 0 aliphatic carbocycles. The molecule has 2 rings (SSSR count). The van der Waals surface area contributed by atoms with E-state index in [0.29, 0.717) is 18.9 Å². The molecule has 3 atom stereocenters. The summed E-state index contributed by atoms with van der Waals surface area (Å²) in [7, 11) is 0. The minimum Gasteiger partial charge on any atom is -0.390 e. The Morgan fingerprint density at radius 2 is 2.44 bits per heavy atom. The van der Waals surface area contributed by atoms with E-state index < -0.39 is 5.60 Å². The van der Waals surface area contributed by atoms with Crippen LogP contribution in [0, 0.1) is 5.92 Å². The molecular weight excluding hydrogens is 222 g/mol. The lowest BCUT2D eigenvalue weighted by Crippen LogP contribution is -2.48. The quantitative estimate of drug-likeness (QED) is 0.789. The van der Waals surface area contributed by atoms with E-state index in [0.717, 1.165) is 31.6 Å². The Labute approximate surface area is 102 Å². The first kappa shape index (κ1) is 12.7. The van der Waals surface area contributed by atoms with Crippen molar-refractivity contribution >= 4 is 11.8 Å². The third-order valence-corrected chi connectivity index (χ3v) is 5.31. The Kier molecular flexibility index (Phi) is 3.84. The molecule has 2 heterocycles. The van der Waals surface area contributed by atoms with Crippen molar-refractivity contribution in [1.29, 1.82) is 0 Å². The first-order valence-electron chi connectivity index (χ1n) is 6.22. The average molecular weight is 245 g/mol. The van der Waals surface area contributed by atoms with Crippen LogP contribution in [0.15, 0.2) is 0 Å². The molecule has 0 radical (unpaired) electrons. The molecule has 2 aliphatic rings. The first-order chi connectivity index (χ1) is 7.58.